The number of hydrogen-bond donors (Lipinski definition) is 1. The minimum Gasteiger partial charge on any atom is -0.326 e. The van der Waals surface area contributed by atoms with E-state index >= 15 is 0 Å². The van der Waals surface area contributed by atoms with Crippen LogP contribution < -0.4 is 5.32 Å². The zero-order chi connectivity index (χ0) is 11.0. The van der Waals surface area contributed by atoms with Crippen LogP contribution in [0.2, 0.25) is 0 Å². The highest BCUT2D eigenvalue weighted by Gasteiger charge is 2.00. The minimum atomic E-state index is -0.0476. The molecule has 1 amide bonds. The van der Waals surface area contributed by atoms with Crippen molar-refractivity contribution in [3.05, 3.63) is 36.1 Å². The zero-order valence-electron chi connectivity index (χ0n) is 9.26. The molecule has 0 heterocycles. The van der Waals surface area contributed by atoms with Gasteiger partial charge in [-0.2, -0.15) is 0 Å². The second kappa shape index (κ2) is 7.13. The molecule has 0 saturated carbocycles. The summed E-state index contributed by atoms with van der Waals surface area (Å²) < 4.78 is 0. The van der Waals surface area contributed by atoms with Crippen LogP contribution in [0.25, 0.3) is 0 Å². The second-order valence-corrected chi connectivity index (χ2v) is 2.99. The van der Waals surface area contributed by atoms with Crippen LogP contribution >= 0.6 is 0 Å². The summed E-state index contributed by atoms with van der Waals surface area (Å²) in [5, 5.41) is 2.80. The lowest BCUT2D eigenvalue weighted by Crippen LogP contribution is -2.19. The molecule has 1 N–H and O–H groups in total. The maximum absolute atomic E-state index is 10.9. The molecule has 0 unspecified atom stereocenters. The van der Waals surface area contributed by atoms with Crippen LogP contribution in [0.15, 0.2) is 36.1 Å². The highest BCUT2D eigenvalue weighted by Crippen LogP contribution is 2.09. The van der Waals surface area contributed by atoms with Gasteiger partial charge in [-0.1, -0.05) is 32.6 Å². The number of hydrogen-bond acceptors (Lipinski definition) is 1. The van der Waals surface area contributed by atoms with Crippen molar-refractivity contribution < 1.29 is 4.79 Å². The van der Waals surface area contributed by atoms with Gasteiger partial charge in [0.05, 0.1) is 0 Å². The molecule has 0 aromatic carbocycles. The molecular weight excluding hydrogens is 174 g/mol. The summed E-state index contributed by atoms with van der Waals surface area (Å²) >= 11 is 0. The average molecular weight is 193 g/mol. The molecule has 0 aromatic heterocycles. The first kappa shape index (κ1) is 12.7. The Morgan fingerprint density at radius 1 is 1.43 bits per heavy atom. The van der Waals surface area contributed by atoms with Gasteiger partial charge < -0.3 is 5.32 Å². The quantitative estimate of drug-likeness (QED) is 0.668. The summed E-state index contributed by atoms with van der Waals surface area (Å²) in [6.07, 6.45) is 7.56. The Labute approximate surface area is 86.4 Å². The van der Waals surface area contributed by atoms with E-state index in [1.54, 1.807) is 6.08 Å². The van der Waals surface area contributed by atoms with E-state index in [-0.39, 0.29) is 5.91 Å². The van der Waals surface area contributed by atoms with Gasteiger partial charge in [-0.05, 0) is 24.5 Å². The summed E-state index contributed by atoms with van der Waals surface area (Å²) in [6.45, 7) is 9.33. The van der Waals surface area contributed by atoms with Gasteiger partial charge in [-0.15, -0.1) is 0 Å². The highest BCUT2D eigenvalue weighted by atomic mass is 16.1. The van der Waals surface area contributed by atoms with E-state index in [9.17, 15) is 4.79 Å². The average Bonchev–Trinajstić information content (AvgIpc) is 2.15. The van der Waals surface area contributed by atoms with E-state index in [0.717, 1.165) is 24.1 Å². The van der Waals surface area contributed by atoms with Gasteiger partial charge in [-0.25, -0.2) is 0 Å². The Morgan fingerprint density at radius 2 is 2.07 bits per heavy atom. The van der Waals surface area contributed by atoms with Crippen molar-refractivity contribution in [1.82, 2.24) is 5.32 Å². The summed E-state index contributed by atoms with van der Waals surface area (Å²) in [5.41, 5.74) is 1.92. The van der Waals surface area contributed by atoms with Crippen molar-refractivity contribution >= 4 is 5.91 Å². The summed E-state index contributed by atoms with van der Waals surface area (Å²) in [5.74, 6) is -0.0476. The van der Waals surface area contributed by atoms with Gasteiger partial charge in [-0.3, -0.25) is 4.79 Å². The normalized spacial score (nSPS) is 12.5. The molecule has 0 rings (SSSR count). The molecule has 0 aliphatic heterocycles. The third kappa shape index (κ3) is 4.65. The fraction of sp³-hybridized carbons (Fsp3) is 0.417. The minimum absolute atomic E-state index is 0.0476. The largest absolute Gasteiger partial charge is 0.326 e. The molecule has 2 nitrogen and oxygen atoms in total. The van der Waals surface area contributed by atoms with E-state index < -0.39 is 0 Å². The molecule has 0 aromatic rings. The van der Waals surface area contributed by atoms with Crippen molar-refractivity contribution in [3.8, 4) is 0 Å². The van der Waals surface area contributed by atoms with E-state index in [0.29, 0.717) is 0 Å². The fourth-order valence-electron chi connectivity index (χ4n) is 1.10. The van der Waals surface area contributed by atoms with Crippen LogP contribution in [-0.2, 0) is 4.79 Å². The van der Waals surface area contributed by atoms with Gasteiger partial charge in [0.25, 0.3) is 0 Å². The predicted molar refractivity (Wildman–Crippen MR) is 60.8 cm³/mol. The molecule has 0 aliphatic carbocycles. The number of amides is 1. The van der Waals surface area contributed by atoms with E-state index in [1.807, 2.05) is 19.1 Å². The number of carbonyl (C=O) groups is 1. The topological polar surface area (TPSA) is 29.1 Å². The first-order chi connectivity index (χ1) is 6.65. The van der Waals surface area contributed by atoms with E-state index in [2.05, 4.69) is 18.8 Å². The van der Waals surface area contributed by atoms with Crippen LogP contribution in [0.1, 0.15) is 33.6 Å². The maximum atomic E-state index is 10.9. The Morgan fingerprint density at radius 3 is 2.43 bits per heavy atom. The van der Waals surface area contributed by atoms with Crippen molar-refractivity contribution in [2.45, 2.75) is 33.6 Å². The fourth-order valence-corrected chi connectivity index (χ4v) is 1.10. The molecule has 78 valence electrons. The van der Waals surface area contributed by atoms with Crippen molar-refractivity contribution in [3.63, 3.8) is 0 Å². The Bertz CT molecular complexity index is 261. The second-order valence-electron chi connectivity index (χ2n) is 2.99. The molecule has 14 heavy (non-hydrogen) atoms. The van der Waals surface area contributed by atoms with Crippen LogP contribution in [0.3, 0.4) is 0 Å². The number of nitrogens with one attached hydrogen (secondary N) is 1. The third-order valence-corrected chi connectivity index (χ3v) is 1.80. The van der Waals surface area contributed by atoms with Crippen molar-refractivity contribution in [1.29, 1.82) is 0 Å². The van der Waals surface area contributed by atoms with E-state index in [1.165, 1.54) is 6.92 Å². The molecule has 0 fully saturated rings. The lowest BCUT2D eigenvalue weighted by atomic mass is 10.1. The van der Waals surface area contributed by atoms with Crippen molar-refractivity contribution in [2.75, 3.05) is 0 Å². The van der Waals surface area contributed by atoms with Crippen molar-refractivity contribution in [2.24, 2.45) is 0 Å². The molecule has 0 atom stereocenters. The van der Waals surface area contributed by atoms with Gasteiger partial charge in [0.15, 0.2) is 0 Å². The summed E-state index contributed by atoms with van der Waals surface area (Å²) in [4.78, 5) is 10.9. The van der Waals surface area contributed by atoms with Gasteiger partial charge >= 0.3 is 0 Å². The molecule has 2 heteroatoms. The number of carbonyl (C=O) groups excluding carboxylic acids is 1. The molecule has 0 saturated heterocycles. The molecule has 0 radical (unpaired) electrons. The highest BCUT2D eigenvalue weighted by molar-refractivity contribution is 5.75. The van der Waals surface area contributed by atoms with Crippen LogP contribution in [0.5, 0.6) is 0 Å². The van der Waals surface area contributed by atoms with Crippen LogP contribution in [-0.4, -0.2) is 5.91 Å². The van der Waals surface area contributed by atoms with Crippen LogP contribution in [0.4, 0.5) is 0 Å². The Balaban J connectivity index is 4.84. The smallest absolute Gasteiger partial charge is 0.221 e. The Kier molecular flexibility index (Phi) is 6.46. The van der Waals surface area contributed by atoms with Gasteiger partial charge in [0.1, 0.15) is 0 Å². The predicted octanol–water partition coefficient (Wildman–Crippen LogP) is 2.94. The SMILES string of the molecule is C=C/C(CC)=C(\C=C/CC)NC(C)=O. The standard InChI is InChI=1S/C12H19NO/c1-5-8-9-12(13-10(4)14)11(6-2)7-3/h6,8-9H,2,5,7H2,1,3-4H3,(H,13,14)/b9-8-,12-11-. The maximum Gasteiger partial charge on any atom is 0.221 e. The number of allylic oxidation sites excluding steroid dienone is 4. The Hall–Kier alpha value is -1.31. The van der Waals surface area contributed by atoms with Gasteiger partial charge in [0, 0.05) is 12.6 Å². The molecule has 0 spiro atoms. The third-order valence-electron chi connectivity index (χ3n) is 1.80. The first-order valence-corrected chi connectivity index (χ1v) is 4.95. The lowest BCUT2D eigenvalue weighted by Gasteiger charge is -2.07. The summed E-state index contributed by atoms with van der Waals surface area (Å²) in [6, 6.07) is 0. The van der Waals surface area contributed by atoms with E-state index in [4.69, 9.17) is 0 Å². The summed E-state index contributed by atoms with van der Waals surface area (Å²) in [7, 11) is 0. The molecule has 0 aliphatic rings. The molecule has 0 bridgehead atoms. The van der Waals surface area contributed by atoms with Crippen LogP contribution in [0, 0.1) is 0 Å². The monoisotopic (exact) mass is 193 g/mol. The lowest BCUT2D eigenvalue weighted by molar-refractivity contribution is -0.118. The zero-order valence-corrected chi connectivity index (χ0v) is 9.26. The number of rotatable bonds is 5. The van der Waals surface area contributed by atoms with Gasteiger partial charge in [0.2, 0.25) is 5.91 Å². The first-order valence-electron chi connectivity index (χ1n) is 4.95. The molecular formula is C12H19NO.